The zero-order valence-corrected chi connectivity index (χ0v) is 9.93. The van der Waals surface area contributed by atoms with Crippen LogP contribution >= 0.6 is 11.6 Å². The molecular weight excluding hydrogens is 210 g/mol. The SMILES string of the molecule is Cn1c(CN)cc(CN2CCCC2)c1Cl. The van der Waals surface area contributed by atoms with E-state index in [0.29, 0.717) is 6.54 Å². The first kappa shape index (κ1) is 11.0. The quantitative estimate of drug-likeness (QED) is 0.854. The summed E-state index contributed by atoms with van der Waals surface area (Å²) in [6.45, 7) is 3.91. The topological polar surface area (TPSA) is 34.2 Å². The van der Waals surface area contributed by atoms with Crippen molar-refractivity contribution in [1.82, 2.24) is 9.47 Å². The number of nitrogens with two attached hydrogens (primary N) is 1. The number of likely N-dealkylation sites (tertiary alicyclic amines) is 1. The molecule has 2 heterocycles. The molecule has 3 nitrogen and oxygen atoms in total. The molecule has 1 fully saturated rings. The van der Waals surface area contributed by atoms with Crippen LogP contribution in [0.1, 0.15) is 24.1 Å². The van der Waals surface area contributed by atoms with Gasteiger partial charge in [0.25, 0.3) is 0 Å². The van der Waals surface area contributed by atoms with E-state index in [1.54, 1.807) is 0 Å². The van der Waals surface area contributed by atoms with Crippen molar-refractivity contribution in [2.24, 2.45) is 12.8 Å². The Kier molecular flexibility index (Phi) is 3.34. The summed E-state index contributed by atoms with van der Waals surface area (Å²) in [6.07, 6.45) is 2.63. The number of nitrogens with zero attached hydrogens (tertiary/aromatic N) is 2. The summed E-state index contributed by atoms with van der Waals surface area (Å²) >= 11 is 6.25. The van der Waals surface area contributed by atoms with Gasteiger partial charge in [0.1, 0.15) is 5.15 Å². The molecule has 2 rings (SSSR count). The van der Waals surface area contributed by atoms with E-state index in [1.807, 2.05) is 11.6 Å². The van der Waals surface area contributed by atoms with Crippen LogP contribution in [0.5, 0.6) is 0 Å². The van der Waals surface area contributed by atoms with Gasteiger partial charge in [-0.05, 0) is 32.0 Å². The Morgan fingerprint density at radius 1 is 1.40 bits per heavy atom. The Morgan fingerprint density at radius 2 is 2.07 bits per heavy atom. The number of aromatic nitrogens is 1. The van der Waals surface area contributed by atoms with Crippen molar-refractivity contribution in [3.8, 4) is 0 Å². The summed E-state index contributed by atoms with van der Waals surface area (Å²) in [4.78, 5) is 2.45. The standard InChI is InChI=1S/C11H18ClN3/c1-14-10(7-13)6-9(11(14)12)8-15-4-2-3-5-15/h6H,2-5,7-8,13H2,1H3. The van der Waals surface area contributed by atoms with Crippen LogP contribution in [0, 0.1) is 0 Å². The molecule has 1 aliphatic heterocycles. The average molecular weight is 228 g/mol. The lowest BCUT2D eigenvalue weighted by atomic mass is 10.3. The molecule has 1 aromatic rings. The minimum absolute atomic E-state index is 0.552. The fourth-order valence-electron chi connectivity index (χ4n) is 2.19. The van der Waals surface area contributed by atoms with E-state index in [1.165, 1.54) is 31.5 Å². The molecule has 0 aliphatic carbocycles. The fourth-order valence-corrected chi connectivity index (χ4v) is 2.41. The molecule has 0 radical (unpaired) electrons. The third kappa shape index (κ3) is 2.19. The van der Waals surface area contributed by atoms with E-state index >= 15 is 0 Å². The maximum absolute atomic E-state index is 6.25. The smallest absolute Gasteiger partial charge is 0.113 e. The lowest BCUT2D eigenvalue weighted by molar-refractivity contribution is 0.331. The fraction of sp³-hybridized carbons (Fsp3) is 0.636. The van der Waals surface area contributed by atoms with Crippen LogP contribution in [0.4, 0.5) is 0 Å². The van der Waals surface area contributed by atoms with E-state index in [0.717, 1.165) is 17.4 Å². The highest BCUT2D eigenvalue weighted by atomic mass is 35.5. The van der Waals surface area contributed by atoms with Gasteiger partial charge >= 0.3 is 0 Å². The van der Waals surface area contributed by atoms with Gasteiger partial charge in [-0.2, -0.15) is 0 Å². The lowest BCUT2D eigenvalue weighted by Gasteiger charge is -2.13. The van der Waals surface area contributed by atoms with Gasteiger partial charge in [0.05, 0.1) is 0 Å². The van der Waals surface area contributed by atoms with Gasteiger partial charge in [-0.1, -0.05) is 11.6 Å². The summed E-state index contributed by atoms with van der Waals surface area (Å²) in [7, 11) is 1.97. The molecule has 2 N–H and O–H groups in total. The second-order valence-electron chi connectivity index (χ2n) is 4.20. The second kappa shape index (κ2) is 4.56. The predicted molar refractivity (Wildman–Crippen MR) is 62.8 cm³/mol. The van der Waals surface area contributed by atoms with E-state index in [-0.39, 0.29) is 0 Å². The average Bonchev–Trinajstić information content (AvgIpc) is 2.82. The first-order valence-electron chi connectivity index (χ1n) is 5.47. The Labute approximate surface area is 95.8 Å². The van der Waals surface area contributed by atoms with E-state index in [2.05, 4.69) is 11.0 Å². The molecule has 4 heteroatoms. The van der Waals surface area contributed by atoms with E-state index in [9.17, 15) is 0 Å². The van der Waals surface area contributed by atoms with Crippen LogP contribution < -0.4 is 5.73 Å². The molecule has 0 amide bonds. The molecule has 15 heavy (non-hydrogen) atoms. The summed E-state index contributed by atoms with van der Waals surface area (Å²) in [6, 6.07) is 2.13. The van der Waals surface area contributed by atoms with Crippen molar-refractivity contribution in [2.45, 2.75) is 25.9 Å². The molecule has 0 saturated carbocycles. The first-order chi connectivity index (χ1) is 7.22. The van der Waals surface area contributed by atoms with Gasteiger partial charge in [0.2, 0.25) is 0 Å². The second-order valence-corrected chi connectivity index (χ2v) is 4.56. The number of hydrogen-bond donors (Lipinski definition) is 1. The maximum Gasteiger partial charge on any atom is 0.113 e. The van der Waals surface area contributed by atoms with Crippen LogP contribution in [-0.2, 0) is 20.1 Å². The molecule has 1 aliphatic rings. The Morgan fingerprint density at radius 3 is 2.60 bits per heavy atom. The summed E-state index contributed by atoms with van der Waals surface area (Å²) in [5.74, 6) is 0. The van der Waals surface area contributed by atoms with Crippen molar-refractivity contribution in [3.05, 3.63) is 22.5 Å². The minimum Gasteiger partial charge on any atom is -0.337 e. The van der Waals surface area contributed by atoms with Gasteiger partial charge in [-0.25, -0.2) is 0 Å². The first-order valence-corrected chi connectivity index (χ1v) is 5.85. The van der Waals surface area contributed by atoms with Crippen molar-refractivity contribution < 1.29 is 0 Å². The molecule has 0 bridgehead atoms. The van der Waals surface area contributed by atoms with E-state index in [4.69, 9.17) is 17.3 Å². The Bertz CT molecular complexity index is 340. The normalized spacial score (nSPS) is 17.5. The van der Waals surface area contributed by atoms with Crippen LogP contribution in [0.25, 0.3) is 0 Å². The highest BCUT2D eigenvalue weighted by Crippen LogP contribution is 2.23. The van der Waals surface area contributed by atoms with Crippen molar-refractivity contribution in [2.75, 3.05) is 13.1 Å². The summed E-state index contributed by atoms with van der Waals surface area (Å²) in [5, 5.41) is 0.836. The van der Waals surface area contributed by atoms with Crippen LogP contribution in [-0.4, -0.2) is 22.6 Å². The van der Waals surface area contributed by atoms with Gasteiger partial charge in [-0.15, -0.1) is 0 Å². The predicted octanol–water partition coefficient (Wildman–Crippen LogP) is 1.73. The maximum atomic E-state index is 6.25. The highest BCUT2D eigenvalue weighted by Gasteiger charge is 2.16. The number of hydrogen-bond acceptors (Lipinski definition) is 2. The minimum atomic E-state index is 0.552. The van der Waals surface area contributed by atoms with Crippen LogP contribution in [0.15, 0.2) is 6.07 Å². The third-order valence-electron chi connectivity index (χ3n) is 3.13. The van der Waals surface area contributed by atoms with Crippen LogP contribution in [0.3, 0.4) is 0 Å². The molecule has 0 aromatic carbocycles. The van der Waals surface area contributed by atoms with Crippen molar-refractivity contribution in [3.63, 3.8) is 0 Å². The zero-order chi connectivity index (χ0) is 10.8. The largest absolute Gasteiger partial charge is 0.337 e. The third-order valence-corrected chi connectivity index (χ3v) is 3.63. The van der Waals surface area contributed by atoms with E-state index < -0.39 is 0 Å². The number of halogens is 1. The lowest BCUT2D eigenvalue weighted by Crippen LogP contribution is -2.18. The molecule has 1 aromatic heterocycles. The molecule has 1 saturated heterocycles. The summed E-state index contributed by atoms with van der Waals surface area (Å²) in [5.41, 5.74) is 7.96. The van der Waals surface area contributed by atoms with Crippen molar-refractivity contribution >= 4 is 11.6 Å². The highest BCUT2D eigenvalue weighted by molar-refractivity contribution is 6.30. The molecule has 0 spiro atoms. The van der Waals surface area contributed by atoms with Gasteiger partial charge < -0.3 is 10.3 Å². The van der Waals surface area contributed by atoms with Gasteiger partial charge in [0.15, 0.2) is 0 Å². The number of rotatable bonds is 3. The Hall–Kier alpha value is -0.510. The molecular formula is C11H18ClN3. The van der Waals surface area contributed by atoms with Crippen LogP contribution in [0.2, 0.25) is 5.15 Å². The monoisotopic (exact) mass is 227 g/mol. The van der Waals surface area contributed by atoms with Crippen molar-refractivity contribution in [1.29, 1.82) is 0 Å². The Balaban J connectivity index is 2.13. The summed E-state index contributed by atoms with van der Waals surface area (Å²) < 4.78 is 1.98. The zero-order valence-electron chi connectivity index (χ0n) is 9.17. The van der Waals surface area contributed by atoms with Gasteiger partial charge in [0, 0.05) is 31.4 Å². The molecule has 84 valence electrons. The molecule has 0 unspecified atom stereocenters. The van der Waals surface area contributed by atoms with Gasteiger partial charge in [-0.3, -0.25) is 4.90 Å². The molecule has 0 atom stereocenters.